The smallest absolute Gasteiger partial charge is 0.323 e. The standard InChI is InChI=1S/C10H19N3O5S/c11-19(17,18)5-1-4-12-10(16)13(7-9(14)15)6-8-2-3-8/h8H,1-7H2,(H,12,16)(H,14,15)(H2,11,17,18). The molecule has 1 saturated carbocycles. The van der Waals surface area contributed by atoms with Crippen molar-refractivity contribution < 1.29 is 23.1 Å². The molecule has 1 aliphatic carbocycles. The number of urea groups is 1. The predicted molar refractivity (Wildman–Crippen MR) is 67.9 cm³/mol. The van der Waals surface area contributed by atoms with E-state index in [9.17, 15) is 18.0 Å². The van der Waals surface area contributed by atoms with Gasteiger partial charge in [0.05, 0.1) is 5.75 Å². The van der Waals surface area contributed by atoms with E-state index in [1.54, 1.807) is 0 Å². The quantitative estimate of drug-likeness (QED) is 0.503. The number of aliphatic carboxylic acids is 1. The van der Waals surface area contributed by atoms with Crippen molar-refractivity contribution in [3.63, 3.8) is 0 Å². The first-order valence-electron chi connectivity index (χ1n) is 6.03. The van der Waals surface area contributed by atoms with Crippen molar-refractivity contribution in [3.8, 4) is 0 Å². The SMILES string of the molecule is NS(=O)(=O)CCCNC(=O)N(CC(=O)O)CC1CC1. The van der Waals surface area contributed by atoms with Crippen LogP contribution in [0.15, 0.2) is 0 Å². The Kier molecular flexibility index (Phi) is 5.55. The van der Waals surface area contributed by atoms with Gasteiger partial charge in [-0.05, 0) is 25.2 Å². The largest absolute Gasteiger partial charge is 0.480 e. The molecule has 8 nitrogen and oxygen atoms in total. The molecule has 9 heteroatoms. The van der Waals surface area contributed by atoms with Crippen LogP contribution in [-0.4, -0.2) is 55.8 Å². The third-order valence-corrected chi connectivity index (χ3v) is 3.53. The molecular weight excluding hydrogens is 274 g/mol. The van der Waals surface area contributed by atoms with Crippen LogP contribution in [0.1, 0.15) is 19.3 Å². The van der Waals surface area contributed by atoms with E-state index in [-0.39, 0.29) is 25.3 Å². The lowest BCUT2D eigenvalue weighted by molar-refractivity contribution is -0.137. The zero-order chi connectivity index (χ0) is 14.5. The van der Waals surface area contributed by atoms with Gasteiger partial charge in [0.25, 0.3) is 0 Å². The lowest BCUT2D eigenvalue weighted by Gasteiger charge is -2.20. The highest BCUT2D eigenvalue weighted by molar-refractivity contribution is 7.89. The number of carbonyl (C=O) groups excluding carboxylic acids is 1. The maximum atomic E-state index is 11.7. The number of hydrogen-bond donors (Lipinski definition) is 3. The van der Waals surface area contributed by atoms with Crippen molar-refractivity contribution in [3.05, 3.63) is 0 Å². The van der Waals surface area contributed by atoms with Gasteiger partial charge in [-0.3, -0.25) is 4.79 Å². The van der Waals surface area contributed by atoms with Crippen molar-refractivity contribution in [2.75, 3.05) is 25.4 Å². The average molecular weight is 293 g/mol. The van der Waals surface area contributed by atoms with Crippen LogP contribution in [0.4, 0.5) is 4.79 Å². The minimum absolute atomic E-state index is 0.149. The Morgan fingerprint density at radius 1 is 1.37 bits per heavy atom. The zero-order valence-electron chi connectivity index (χ0n) is 10.5. The number of amides is 2. The van der Waals surface area contributed by atoms with Gasteiger partial charge in [0.15, 0.2) is 0 Å². The number of sulfonamides is 1. The molecule has 1 rings (SSSR count). The summed E-state index contributed by atoms with van der Waals surface area (Å²) in [6, 6.07) is -0.483. The van der Waals surface area contributed by atoms with E-state index < -0.39 is 22.0 Å². The summed E-state index contributed by atoms with van der Waals surface area (Å²) >= 11 is 0. The Morgan fingerprint density at radius 2 is 2.00 bits per heavy atom. The molecule has 1 fully saturated rings. The zero-order valence-corrected chi connectivity index (χ0v) is 11.4. The summed E-state index contributed by atoms with van der Waals surface area (Å²) in [6.45, 7) is 0.223. The van der Waals surface area contributed by atoms with Gasteiger partial charge >= 0.3 is 12.0 Å². The van der Waals surface area contributed by atoms with Crippen molar-refractivity contribution in [1.82, 2.24) is 10.2 Å². The Morgan fingerprint density at radius 3 is 2.47 bits per heavy atom. The second-order valence-corrected chi connectivity index (χ2v) is 6.40. The van der Waals surface area contributed by atoms with E-state index >= 15 is 0 Å². The molecule has 4 N–H and O–H groups in total. The summed E-state index contributed by atoms with van der Waals surface area (Å²) in [7, 11) is -3.53. The summed E-state index contributed by atoms with van der Waals surface area (Å²) in [5.41, 5.74) is 0. The molecule has 0 aliphatic heterocycles. The number of hydrogen-bond acceptors (Lipinski definition) is 4. The second-order valence-electron chi connectivity index (χ2n) is 4.67. The molecule has 0 spiro atoms. The summed E-state index contributed by atoms with van der Waals surface area (Å²) in [4.78, 5) is 23.6. The van der Waals surface area contributed by atoms with Gasteiger partial charge in [-0.15, -0.1) is 0 Å². The van der Waals surface area contributed by atoms with Crippen molar-refractivity contribution in [1.29, 1.82) is 0 Å². The van der Waals surface area contributed by atoms with Gasteiger partial charge < -0.3 is 15.3 Å². The van der Waals surface area contributed by atoms with E-state index in [0.29, 0.717) is 12.5 Å². The third kappa shape index (κ3) is 7.62. The summed E-state index contributed by atoms with van der Waals surface area (Å²) < 4.78 is 21.4. The number of nitrogens with zero attached hydrogens (tertiary/aromatic N) is 1. The molecule has 110 valence electrons. The van der Waals surface area contributed by atoms with Crippen molar-refractivity contribution in [2.24, 2.45) is 11.1 Å². The van der Waals surface area contributed by atoms with E-state index in [0.717, 1.165) is 12.8 Å². The van der Waals surface area contributed by atoms with Gasteiger partial charge in [-0.2, -0.15) is 0 Å². The van der Waals surface area contributed by atoms with Gasteiger partial charge in [0.1, 0.15) is 6.54 Å². The Balaban J connectivity index is 2.32. The van der Waals surface area contributed by atoms with E-state index in [2.05, 4.69) is 5.32 Å². The second kappa shape index (κ2) is 6.71. The van der Waals surface area contributed by atoms with Crippen LogP contribution >= 0.6 is 0 Å². The van der Waals surface area contributed by atoms with Crippen LogP contribution in [-0.2, 0) is 14.8 Å². The Hall–Kier alpha value is -1.35. The predicted octanol–water partition coefficient (Wildman–Crippen LogP) is -0.829. The van der Waals surface area contributed by atoms with E-state index in [4.69, 9.17) is 10.2 Å². The molecule has 0 radical (unpaired) electrons. The fraction of sp³-hybridized carbons (Fsp3) is 0.800. The summed E-state index contributed by atoms with van der Waals surface area (Å²) in [6.07, 6.45) is 2.22. The molecular formula is C10H19N3O5S. The molecule has 0 unspecified atom stereocenters. The van der Waals surface area contributed by atoms with Crippen LogP contribution in [0.25, 0.3) is 0 Å². The molecule has 0 aromatic carbocycles. The lowest BCUT2D eigenvalue weighted by atomic mass is 10.3. The van der Waals surface area contributed by atoms with Crippen LogP contribution in [0.3, 0.4) is 0 Å². The number of rotatable bonds is 8. The minimum Gasteiger partial charge on any atom is -0.480 e. The highest BCUT2D eigenvalue weighted by atomic mass is 32.2. The van der Waals surface area contributed by atoms with Crippen LogP contribution < -0.4 is 10.5 Å². The van der Waals surface area contributed by atoms with Gasteiger partial charge in [0, 0.05) is 13.1 Å². The monoisotopic (exact) mass is 293 g/mol. The molecule has 0 atom stereocenters. The molecule has 0 saturated heterocycles. The molecule has 0 heterocycles. The van der Waals surface area contributed by atoms with E-state index in [1.807, 2.05) is 0 Å². The van der Waals surface area contributed by atoms with Gasteiger partial charge in [-0.25, -0.2) is 18.4 Å². The average Bonchev–Trinajstić information content (AvgIpc) is 3.05. The number of nitrogens with two attached hydrogens (primary N) is 1. The first kappa shape index (κ1) is 15.7. The number of primary sulfonamides is 1. The maximum Gasteiger partial charge on any atom is 0.323 e. The lowest BCUT2D eigenvalue weighted by Crippen LogP contribution is -2.44. The first-order valence-corrected chi connectivity index (χ1v) is 7.74. The van der Waals surface area contributed by atoms with Gasteiger partial charge in [-0.1, -0.05) is 0 Å². The number of carbonyl (C=O) groups is 2. The van der Waals surface area contributed by atoms with Gasteiger partial charge in [0.2, 0.25) is 10.0 Å². The van der Waals surface area contributed by atoms with Crippen LogP contribution in [0.5, 0.6) is 0 Å². The Bertz CT molecular complexity index is 432. The minimum atomic E-state index is -3.53. The van der Waals surface area contributed by atoms with Crippen LogP contribution in [0.2, 0.25) is 0 Å². The normalized spacial score (nSPS) is 15.0. The van der Waals surface area contributed by atoms with Crippen molar-refractivity contribution >= 4 is 22.0 Å². The topological polar surface area (TPSA) is 130 Å². The molecule has 0 bridgehead atoms. The molecule has 1 aliphatic rings. The summed E-state index contributed by atoms with van der Waals surface area (Å²) in [5.74, 6) is -0.899. The fourth-order valence-electron chi connectivity index (χ4n) is 1.58. The first-order chi connectivity index (χ1) is 8.78. The molecule has 0 aromatic rings. The van der Waals surface area contributed by atoms with Crippen LogP contribution in [0, 0.1) is 5.92 Å². The third-order valence-electron chi connectivity index (χ3n) is 2.67. The Labute approximate surface area is 112 Å². The number of carboxylic acid groups (broad SMARTS) is 1. The fourth-order valence-corrected chi connectivity index (χ4v) is 2.12. The highest BCUT2D eigenvalue weighted by Crippen LogP contribution is 2.29. The molecule has 19 heavy (non-hydrogen) atoms. The maximum absolute atomic E-state index is 11.7. The van der Waals surface area contributed by atoms with Crippen molar-refractivity contribution in [2.45, 2.75) is 19.3 Å². The number of nitrogens with one attached hydrogen (secondary N) is 1. The molecule has 2 amide bonds. The highest BCUT2D eigenvalue weighted by Gasteiger charge is 2.27. The number of carboxylic acids is 1. The van der Waals surface area contributed by atoms with E-state index in [1.165, 1.54) is 4.90 Å². The summed E-state index contributed by atoms with van der Waals surface area (Å²) in [5, 5.41) is 16.0. The molecule has 0 aromatic heterocycles.